The Morgan fingerprint density at radius 3 is 2.24 bits per heavy atom. The molecular formula is C14H20O3. The summed E-state index contributed by atoms with van der Waals surface area (Å²) in [7, 11) is 1.35. The molecule has 0 radical (unpaired) electrons. The standard InChI is InChI=1S/C14H20O3/c1-14(2,3)9-12(15)10-5-7-11(8-6-10)13(16)17-4/h5-8,12,15H,9H2,1-4H3/t12-/m0/s1. The van der Waals surface area contributed by atoms with E-state index < -0.39 is 6.10 Å². The number of benzene rings is 1. The third-order valence-corrected chi connectivity index (χ3v) is 2.52. The Hall–Kier alpha value is -1.35. The van der Waals surface area contributed by atoms with Gasteiger partial charge in [-0.05, 0) is 29.5 Å². The molecule has 0 bridgehead atoms. The van der Waals surface area contributed by atoms with E-state index in [1.807, 2.05) is 0 Å². The van der Waals surface area contributed by atoms with Crippen LogP contribution in [0.3, 0.4) is 0 Å². The molecule has 1 N–H and O–H groups in total. The molecule has 0 aromatic heterocycles. The van der Waals surface area contributed by atoms with Crippen LogP contribution < -0.4 is 0 Å². The van der Waals surface area contributed by atoms with Crippen LogP contribution in [0.25, 0.3) is 0 Å². The molecule has 3 nitrogen and oxygen atoms in total. The summed E-state index contributed by atoms with van der Waals surface area (Å²) in [6, 6.07) is 6.88. The van der Waals surface area contributed by atoms with Gasteiger partial charge in [0.05, 0.1) is 18.8 Å². The monoisotopic (exact) mass is 236 g/mol. The van der Waals surface area contributed by atoms with Crippen LogP contribution in [0.5, 0.6) is 0 Å². The molecule has 0 aliphatic rings. The molecule has 0 aliphatic carbocycles. The van der Waals surface area contributed by atoms with Gasteiger partial charge in [-0.3, -0.25) is 0 Å². The minimum atomic E-state index is -0.498. The number of aliphatic hydroxyl groups excluding tert-OH is 1. The van der Waals surface area contributed by atoms with Crippen molar-refractivity contribution in [2.45, 2.75) is 33.3 Å². The number of esters is 1. The van der Waals surface area contributed by atoms with E-state index in [-0.39, 0.29) is 11.4 Å². The lowest BCUT2D eigenvalue weighted by molar-refractivity contribution is 0.0600. The molecule has 0 amide bonds. The van der Waals surface area contributed by atoms with Gasteiger partial charge in [0.1, 0.15) is 0 Å². The number of methoxy groups -OCH3 is 1. The zero-order chi connectivity index (χ0) is 13.1. The molecule has 0 unspecified atom stereocenters. The number of hydrogen-bond acceptors (Lipinski definition) is 3. The van der Waals surface area contributed by atoms with Crippen LogP contribution in [-0.2, 0) is 4.74 Å². The van der Waals surface area contributed by atoms with Crippen molar-refractivity contribution in [2.24, 2.45) is 5.41 Å². The van der Waals surface area contributed by atoms with Crippen LogP contribution >= 0.6 is 0 Å². The maximum absolute atomic E-state index is 11.2. The van der Waals surface area contributed by atoms with Gasteiger partial charge in [-0.1, -0.05) is 32.9 Å². The molecule has 1 aromatic rings. The van der Waals surface area contributed by atoms with Crippen LogP contribution in [-0.4, -0.2) is 18.2 Å². The predicted octanol–water partition coefficient (Wildman–Crippen LogP) is 2.94. The van der Waals surface area contributed by atoms with E-state index >= 15 is 0 Å². The largest absolute Gasteiger partial charge is 0.465 e. The molecule has 1 rings (SSSR count). The topological polar surface area (TPSA) is 46.5 Å². The second-order valence-electron chi connectivity index (χ2n) is 5.39. The van der Waals surface area contributed by atoms with Crippen molar-refractivity contribution < 1.29 is 14.6 Å². The Labute approximate surface area is 102 Å². The summed E-state index contributed by atoms with van der Waals surface area (Å²) in [6.07, 6.45) is 0.187. The third kappa shape index (κ3) is 4.19. The van der Waals surface area contributed by atoms with Gasteiger partial charge in [-0.2, -0.15) is 0 Å². The zero-order valence-electron chi connectivity index (χ0n) is 10.9. The molecule has 3 heteroatoms. The highest BCUT2D eigenvalue weighted by atomic mass is 16.5. The fourth-order valence-electron chi connectivity index (χ4n) is 1.66. The van der Waals surface area contributed by atoms with Crippen molar-refractivity contribution in [3.05, 3.63) is 35.4 Å². The van der Waals surface area contributed by atoms with Crippen LogP contribution in [0.2, 0.25) is 0 Å². The zero-order valence-corrected chi connectivity index (χ0v) is 10.9. The van der Waals surface area contributed by atoms with Crippen molar-refractivity contribution in [1.29, 1.82) is 0 Å². The highest BCUT2D eigenvalue weighted by Gasteiger charge is 2.18. The first kappa shape index (κ1) is 13.7. The van der Waals surface area contributed by atoms with Crippen molar-refractivity contribution in [2.75, 3.05) is 7.11 Å². The Morgan fingerprint density at radius 2 is 1.82 bits per heavy atom. The van der Waals surface area contributed by atoms with Gasteiger partial charge in [0, 0.05) is 0 Å². The Balaban J connectivity index is 2.77. The molecule has 0 fully saturated rings. The minimum Gasteiger partial charge on any atom is -0.465 e. The summed E-state index contributed by atoms with van der Waals surface area (Å²) in [5, 5.41) is 10.0. The van der Waals surface area contributed by atoms with Gasteiger partial charge in [0.25, 0.3) is 0 Å². The number of ether oxygens (including phenoxy) is 1. The van der Waals surface area contributed by atoms with Crippen molar-refractivity contribution in [3.63, 3.8) is 0 Å². The molecule has 1 atom stereocenters. The second kappa shape index (κ2) is 5.32. The summed E-state index contributed by atoms with van der Waals surface area (Å²) in [5.74, 6) is -0.359. The maximum Gasteiger partial charge on any atom is 0.337 e. The first-order valence-corrected chi connectivity index (χ1v) is 5.70. The van der Waals surface area contributed by atoms with Crippen molar-refractivity contribution in [3.8, 4) is 0 Å². The molecule has 0 saturated carbocycles. The molecule has 0 spiro atoms. The van der Waals surface area contributed by atoms with Gasteiger partial charge in [-0.25, -0.2) is 4.79 Å². The molecule has 0 aliphatic heterocycles. The van der Waals surface area contributed by atoms with Crippen LogP contribution in [0.4, 0.5) is 0 Å². The Morgan fingerprint density at radius 1 is 1.29 bits per heavy atom. The summed E-state index contributed by atoms with van der Waals surface area (Å²) in [4.78, 5) is 11.2. The van der Waals surface area contributed by atoms with E-state index in [2.05, 4.69) is 25.5 Å². The minimum absolute atomic E-state index is 0.0699. The van der Waals surface area contributed by atoms with Crippen molar-refractivity contribution in [1.82, 2.24) is 0 Å². The van der Waals surface area contributed by atoms with Gasteiger partial charge >= 0.3 is 5.97 Å². The van der Waals surface area contributed by atoms with Gasteiger partial charge < -0.3 is 9.84 Å². The summed E-state index contributed by atoms with van der Waals surface area (Å²) in [6.45, 7) is 6.25. The molecule has 94 valence electrons. The average Bonchev–Trinajstić information content (AvgIpc) is 2.26. The molecule has 0 saturated heterocycles. The lowest BCUT2D eigenvalue weighted by atomic mass is 9.87. The van der Waals surface area contributed by atoms with E-state index in [9.17, 15) is 9.90 Å². The molecule has 1 aromatic carbocycles. The average molecular weight is 236 g/mol. The highest BCUT2D eigenvalue weighted by molar-refractivity contribution is 5.89. The van der Waals surface area contributed by atoms with Crippen LogP contribution in [0.15, 0.2) is 24.3 Å². The summed E-state index contributed by atoms with van der Waals surface area (Å²) < 4.78 is 4.62. The first-order chi connectivity index (χ1) is 7.83. The van der Waals surface area contributed by atoms with E-state index in [1.165, 1.54) is 7.11 Å². The fraction of sp³-hybridized carbons (Fsp3) is 0.500. The van der Waals surface area contributed by atoms with Gasteiger partial charge in [-0.15, -0.1) is 0 Å². The third-order valence-electron chi connectivity index (χ3n) is 2.52. The number of carbonyl (C=O) groups is 1. The summed E-state index contributed by atoms with van der Waals surface area (Å²) >= 11 is 0. The molecule has 17 heavy (non-hydrogen) atoms. The number of carbonyl (C=O) groups excluding carboxylic acids is 1. The van der Waals surface area contributed by atoms with E-state index in [0.717, 1.165) is 5.56 Å². The molecule has 0 heterocycles. The normalized spacial score (nSPS) is 13.2. The van der Waals surface area contributed by atoms with Crippen LogP contribution in [0.1, 0.15) is 49.2 Å². The first-order valence-electron chi connectivity index (χ1n) is 5.70. The van der Waals surface area contributed by atoms with Crippen molar-refractivity contribution >= 4 is 5.97 Å². The lowest BCUT2D eigenvalue weighted by Gasteiger charge is -2.22. The fourth-order valence-corrected chi connectivity index (χ4v) is 1.66. The number of rotatable bonds is 3. The lowest BCUT2D eigenvalue weighted by Crippen LogP contribution is -2.11. The van der Waals surface area contributed by atoms with Gasteiger partial charge in [0.2, 0.25) is 0 Å². The summed E-state index contributed by atoms with van der Waals surface area (Å²) in [5.41, 5.74) is 1.40. The predicted molar refractivity (Wildman–Crippen MR) is 66.8 cm³/mol. The van der Waals surface area contributed by atoms with E-state index in [4.69, 9.17) is 0 Å². The molecular weight excluding hydrogens is 216 g/mol. The van der Waals surface area contributed by atoms with Gasteiger partial charge in [0.15, 0.2) is 0 Å². The Bertz CT molecular complexity index is 373. The van der Waals surface area contributed by atoms with E-state index in [0.29, 0.717) is 12.0 Å². The SMILES string of the molecule is COC(=O)c1ccc([C@@H](O)CC(C)(C)C)cc1. The number of hydrogen-bond donors (Lipinski definition) is 1. The number of aliphatic hydroxyl groups is 1. The quantitative estimate of drug-likeness (QED) is 0.821. The Kier molecular flexibility index (Phi) is 4.29. The van der Waals surface area contributed by atoms with E-state index in [1.54, 1.807) is 24.3 Å². The highest BCUT2D eigenvalue weighted by Crippen LogP contribution is 2.29. The maximum atomic E-state index is 11.2. The smallest absolute Gasteiger partial charge is 0.337 e. The second-order valence-corrected chi connectivity index (χ2v) is 5.39. The van der Waals surface area contributed by atoms with Crippen LogP contribution in [0, 0.1) is 5.41 Å².